The van der Waals surface area contributed by atoms with Crippen molar-refractivity contribution in [2.45, 2.75) is 13.1 Å². The number of nitrogens with zero attached hydrogens (tertiary/aromatic N) is 4. The Morgan fingerprint density at radius 1 is 0.914 bits per heavy atom. The largest absolute Gasteiger partial charge is 0.350 e. The molecule has 7 heteroatoms. The molecule has 35 heavy (non-hydrogen) atoms. The second kappa shape index (κ2) is 9.69. The number of amides is 2. The molecule has 2 aromatic heterocycles. The molecule has 5 aromatic rings. The van der Waals surface area contributed by atoms with Crippen molar-refractivity contribution in [1.29, 1.82) is 0 Å². The summed E-state index contributed by atoms with van der Waals surface area (Å²) >= 11 is 0. The van der Waals surface area contributed by atoms with Crippen molar-refractivity contribution in [3.05, 3.63) is 125 Å². The van der Waals surface area contributed by atoms with E-state index >= 15 is 0 Å². The van der Waals surface area contributed by atoms with Crippen molar-refractivity contribution < 1.29 is 4.79 Å². The van der Waals surface area contributed by atoms with Gasteiger partial charge in [0.15, 0.2) is 5.65 Å². The predicted octanol–water partition coefficient (Wildman–Crippen LogP) is 4.88. The first-order valence-electron chi connectivity index (χ1n) is 11.4. The van der Waals surface area contributed by atoms with Crippen LogP contribution in [0, 0.1) is 0 Å². The van der Waals surface area contributed by atoms with E-state index in [1.807, 2.05) is 66.7 Å². The van der Waals surface area contributed by atoms with E-state index in [4.69, 9.17) is 0 Å². The fourth-order valence-electron chi connectivity index (χ4n) is 4.10. The maximum Gasteiger partial charge on any atom is 0.350 e. The Bertz CT molecular complexity index is 1540. The Morgan fingerprint density at radius 3 is 2.51 bits per heavy atom. The highest BCUT2D eigenvalue weighted by Gasteiger charge is 2.13. The van der Waals surface area contributed by atoms with Gasteiger partial charge in [-0.2, -0.15) is 0 Å². The van der Waals surface area contributed by atoms with Crippen LogP contribution in [0.25, 0.3) is 16.8 Å². The Balaban J connectivity index is 1.29. The molecule has 0 fully saturated rings. The van der Waals surface area contributed by atoms with Gasteiger partial charge in [-0.15, -0.1) is 5.10 Å². The molecule has 0 aliphatic rings. The van der Waals surface area contributed by atoms with E-state index in [0.717, 1.165) is 22.3 Å². The summed E-state index contributed by atoms with van der Waals surface area (Å²) < 4.78 is 2.93. The van der Waals surface area contributed by atoms with Crippen molar-refractivity contribution in [2.75, 3.05) is 12.4 Å². The number of hydrogen-bond donors (Lipinski definition) is 1. The van der Waals surface area contributed by atoms with Crippen molar-refractivity contribution >= 4 is 17.4 Å². The lowest BCUT2D eigenvalue weighted by molar-refractivity contribution is 0.221. The van der Waals surface area contributed by atoms with Crippen LogP contribution in [0.2, 0.25) is 0 Å². The van der Waals surface area contributed by atoms with Gasteiger partial charge in [-0.1, -0.05) is 72.8 Å². The van der Waals surface area contributed by atoms with Crippen LogP contribution in [0.4, 0.5) is 10.5 Å². The van der Waals surface area contributed by atoms with E-state index in [0.29, 0.717) is 24.4 Å². The summed E-state index contributed by atoms with van der Waals surface area (Å²) in [5.41, 5.74) is 5.21. The van der Waals surface area contributed by atoms with Crippen LogP contribution in [-0.4, -0.2) is 32.2 Å². The van der Waals surface area contributed by atoms with Crippen molar-refractivity contribution in [3.8, 4) is 11.1 Å². The summed E-state index contributed by atoms with van der Waals surface area (Å²) in [6.07, 6.45) is 1.70. The van der Waals surface area contributed by atoms with Gasteiger partial charge in [0.1, 0.15) is 0 Å². The van der Waals surface area contributed by atoms with E-state index in [9.17, 15) is 9.59 Å². The molecule has 0 bridgehead atoms. The lowest BCUT2D eigenvalue weighted by atomic mass is 9.99. The van der Waals surface area contributed by atoms with Gasteiger partial charge in [-0.3, -0.25) is 4.40 Å². The van der Waals surface area contributed by atoms with Crippen LogP contribution in [0.3, 0.4) is 0 Å². The molecule has 2 heterocycles. The fourth-order valence-corrected chi connectivity index (χ4v) is 4.10. The number of carbonyl (C=O) groups is 1. The van der Waals surface area contributed by atoms with Crippen molar-refractivity contribution in [2.24, 2.45) is 0 Å². The lowest BCUT2D eigenvalue weighted by Crippen LogP contribution is -2.31. The molecule has 0 saturated carbocycles. The summed E-state index contributed by atoms with van der Waals surface area (Å²) in [4.78, 5) is 27.2. The standard InChI is InChI=1S/C28H25N5O2/c1-31(20-23-13-5-6-15-25(23)22-11-3-2-4-12-22)27(34)29-24-14-9-10-21(18-24)19-33-28(35)32-17-8-7-16-26(32)30-33/h2-18H,19-20H2,1H3,(H,29,34). The number of benzene rings is 3. The van der Waals surface area contributed by atoms with Crippen LogP contribution in [0.5, 0.6) is 0 Å². The summed E-state index contributed by atoms with van der Waals surface area (Å²) in [6, 6.07) is 30.9. The van der Waals surface area contributed by atoms with Gasteiger partial charge in [-0.05, 0) is 46.5 Å². The molecule has 174 valence electrons. The molecule has 0 unspecified atom stereocenters. The van der Waals surface area contributed by atoms with Gasteiger partial charge in [0.05, 0.1) is 6.54 Å². The number of aromatic nitrogens is 3. The van der Waals surface area contributed by atoms with Crippen molar-refractivity contribution in [3.63, 3.8) is 0 Å². The summed E-state index contributed by atoms with van der Waals surface area (Å²) in [6.45, 7) is 0.776. The second-order valence-corrected chi connectivity index (χ2v) is 8.38. The number of hydrogen-bond acceptors (Lipinski definition) is 3. The topological polar surface area (TPSA) is 71.6 Å². The monoisotopic (exact) mass is 463 g/mol. The highest BCUT2D eigenvalue weighted by molar-refractivity contribution is 5.89. The maximum atomic E-state index is 12.9. The van der Waals surface area contributed by atoms with Gasteiger partial charge < -0.3 is 10.2 Å². The minimum atomic E-state index is -0.213. The van der Waals surface area contributed by atoms with Crippen LogP contribution < -0.4 is 11.0 Å². The molecule has 0 atom stereocenters. The zero-order chi connectivity index (χ0) is 24.2. The zero-order valence-corrected chi connectivity index (χ0v) is 19.3. The first-order valence-corrected chi connectivity index (χ1v) is 11.4. The Morgan fingerprint density at radius 2 is 1.69 bits per heavy atom. The van der Waals surface area contributed by atoms with Gasteiger partial charge in [-0.25, -0.2) is 14.3 Å². The van der Waals surface area contributed by atoms with Gasteiger partial charge in [0.25, 0.3) is 0 Å². The number of pyridine rings is 1. The van der Waals surface area contributed by atoms with Gasteiger partial charge >= 0.3 is 11.7 Å². The van der Waals surface area contributed by atoms with E-state index in [2.05, 4.69) is 28.6 Å². The van der Waals surface area contributed by atoms with Crippen LogP contribution in [0.15, 0.2) is 108 Å². The third-order valence-corrected chi connectivity index (χ3v) is 5.86. The Hall–Kier alpha value is -4.65. The molecule has 0 aliphatic heterocycles. The fraction of sp³-hybridized carbons (Fsp3) is 0.107. The average Bonchev–Trinajstić information content (AvgIpc) is 3.20. The highest BCUT2D eigenvalue weighted by Crippen LogP contribution is 2.24. The van der Waals surface area contributed by atoms with Gasteiger partial charge in [0, 0.05) is 25.5 Å². The second-order valence-electron chi connectivity index (χ2n) is 8.38. The van der Waals surface area contributed by atoms with E-state index < -0.39 is 0 Å². The van der Waals surface area contributed by atoms with E-state index in [-0.39, 0.29) is 11.7 Å². The molecular formula is C28H25N5O2. The summed E-state index contributed by atoms with van der Waals surface area (Å²) in [7, 11) is 1.77. The normalized spacial score (nSPS) is 10.9. The predicted molar refractivity (Wildman–Crippen MR) is 137 cm³/mol. The number of urea groups is 1. The SMILES string of the molecule is CN(Cc1ccccc1-c1ccccc1)C(=O)Nc1cccc(Cn2nc3ccccn3c2=O)c1. The summed E-state index contributed by atoms with van der Waals surface area (Å²) in [5, 5.41) is 7.34. The average molecular weight is 464 g/mol. The third kappa shape index (κ3) is 4.84. The number of fused-ring (bicyclic) bond motifs is 1. The molecule has 3 aromatic carbocycles. The number of nitrogens with one attached hydrogen (secondary N) is 1. The van der Waals surface area contributed by atoms with E-state index in [1.54, 1.807) is 30.3 Å². The first-order chi connectivity index (χ1) is 17.1. The minimum absolute atomic E-state index is 0.202. The summed E-state index contributed by atoms with van der Waals surface area (Å²) in [5.74, 6) is 0. The lowest BCUT2D eigenvalue weighted by Gasteiger charge is -2.20. The van der Waals surface area contributed by atoms with Crippen LogP contribution >= 0.6 is 0 Å². The zero-order valence-electron chi connectivity index (χ0n) is 19.3. The Labute approximate surface area is 202 Å². The smallest absolute Gasteiger partial charge is 0.323 e. The van der Waals surface area contributed by atoms with Crippen LogP contribution in [-0.2, 0) is 13.1 Å². The molecule has 0 spiro atoms. The quantitative estimate of drug-likeness (QED) is 0.390. The number of anilines is 1. The minimum Gasteiger partial charge on any atom is -0.323 e. The van der Waals surface area contributed by atoms with E-state index in [1.165, 1.54) is 9.08 Å². The third-order valence-electron chi connectivity index (χ3n) is 5.86. The van der Waals surface area contributed by atoms with Crippen molar-refractivity contribution in [1.82, 2.24) is 19.1 Å². The Kier molecular flexibility index (Phi) is 6.13. The molecule has 5 rings (SSSR count). The molecule has 2 amide bonds. The highest BCUT2D eigenvalue weighted by atomic mass is 16.2. The maximum absolute atomic E-state index is 12.9. The molecule has 7 nitrogen and oxygen atoms in total. The molecule has 1 N–H and O–H groups in total. The molecule has 0 saturated heterocycles. The van der Waals surface area contributed by atoms with Gasteiger partial charge in [0.2, 0.25) is 0 Å². The molecule has 0 aliphatic carbocycles. The van der Waals surface area contributed by atoms with Crippen LogP contribution in [0.1, 0.15) is 11.1 Å². The molecular weight excluding hydrogens is 438 g/mol. The molecule has 0 radical (unpaired) electrons. The number of carbonyl (C=O) groups excluding carboxylic acids is 1. The first kappa shape index (κ1) is 22.2. The number of rotatable bonds is 6.